The Kier molecular flexibility index (Phi) is 4.46. The molecule has 126 valence electrons. The molecule has 0 atom stereocenters. The molecule has 1 aromatic heterocycles. The van der Waals surface area contributed by atoms with Crippen LogP contribution in [-0.4, -0.2) is 54.2 Å². The van der Waals surface area contributed by atoms with Gasteiger partial charge in [0, 0.05) is 32.7 Å². The monoisotopic (exact) mass is 325 g/mol. The number of ether oxygens (including phenoxy) is 1. The van der Waals surface area contributed by atoms with Crippen molar-refractivity contribution in [1.82, 2.24) is 14.9 Å². The molecule has 2 aromatic rings. The maximum Gasteiger partial charge on any atom is 0.204 e. The lowest BCUT2D eigenvalue weighted by Crippen LogP contribution is -2.32. The zero-order valence-corrected chi connectivity index (χ0v) is 13.8. The SMILES string of the molecule is c1ccc(CN2CCCN(c3ncnc4c3OCCN4)CC2)cc1. The fourth-order valence-electron chi connectivity index (χ4n) is 3.35. The average Bonchev–Trinajstić information content (AvgIpc) is 2.88. The molecule has 1 aromatic carbocycles. The molecule has 3 heterocycles. The number of hydrogen-bond donors (Lipinski definition) is 1. The van der Waals surface area contributed by atoms with E-state index >= 15 is 0 Å². The van der Waals surface area contributed by atoms with Crippen molar-refractivity contribution >= 4 is 11.6 Å². The minimum atomic E-state index is 0.668. The van der Waals surface area contributed by atoms with Crippen molar-refractivity contribution in [2.75, 3.05) is 49.5 Å². The van der Waals surface area contributed by atoms with E-state index in [1.807, 2.05) is 0 Å². The molecule has 2 aliphatic heterocycles. The Morgan fingerprint density at radius 3 is 2.88 bits per heavy atom. The summed E-state index contributed by atoms with van der Waals surface area (Å²) in [6, 6.07) is 10.7. The molecule has 0 aliphatic carbocycles. The first-order valence-electron chi connectivity index (χ1n) is 8.63. The minimum absolute atomic E-state index is 0.668. The summed E-state index contributed by atoms with van der Waals surface area (Å²) in [5.41, 5.74) is 1.37. The molecule has 24 heavy (non-hydrogen) atoms. The Morgan fingerprint density at radius 2 is 1.96 bits per heavy atom. The molecular weight excluding hydrogens is 302 g/mol. The van der Waals surface area contributed by atoms with E-state index in [1.165, 1.54) is 5.56 Å². The number of nitrogens with zero attached hydrogens (tertiary/aromatic N) is 4. The van der Waals surface area contributed by atoms with Gasteiger partial charge in [0.2, 0.25) is 5.75 Å². The van der Waals surface area contributed by atoms with Gasteiger partial charge in [-0.2, -0.15) is 0 Å². The maximum atomic E-state index is 5.83. The molecule has 0 unspecified atom stereocenters. The highest BCUT2D eigenvalue weighted by molar-refractivity contribution is 5.65. The fourth-order valence-corrected chi connectivity index (χ4v) is 3.35. The Hall–Kier alpha value is -2.34. The van der Waals surface area contributed by atoms with Gasteiger partial charge in [-0.05, 0) is 12.0 Å². The van der Waals surface area contributed by atoms with Gasteiger partial charge in [0.25, 0.3) is 0 Å². The van der Waals surface area contributed by atoms with Gasteiger partial charge in [0.15, 0.2) is 11.6 Å². The van der Waals surface area contributed by atoms with Gasteiger partial charge >= 0.3 is 0 Å². The third-order valence-corrected chi connectivity index (χ3v) is 4.56. The molecule has 6 heteroatoms. The van der Waals surface area contributed by atoms with Crippen LogP contribution in [0.15, 0.2) is 36.7 Å². The molecule has 6 nitrogen and oxygen atoms in total. The smallest absolute Gasteiger partial charge is 0.204 e. The van der Waals surface area contributed by atoms with Crippen LogP contribution in [-0.2, 0) is 6.54 Å². The van der Waals surface area contributed by atoms with Gasteiger partial charge in [-0.25, -0.2) is 9.97 Å². The maximum absolute atomic E-state index is 5.83. The van der Waals surface area contributed by atoms with Gasteiger partial charge in [-0.15, -0.1) is 0 Å². The number of nitrogens with one attached hydrogen (secondary N) is 1. The van der Waals surface area contributed by atoms with E-state index < -0.39 is 0 Å². The van der Waals surface area contributed by atoms with Gasteiger partial charge in [-0.1, -0.05) is 30.3 Å². The quantitative estimate of drug-likeness (QED) is 0.931. The number of hydrogen-bond acceptors (Lipinski definition) is 6. The Morgan fingerprint density at radius 1 is 1.04 bits per heavy atom. The fraction of sp³-hybridized carbons (Fsp3) is 0.444. The van der Waals surface area contributed by atoms with Gasteiger partial charge < -0.3 is 15.0 Å². The topological polar surface area (TPSA) is 53.5 Å². The van der Waals surface area contributed by atoms with Crippen molar-refractivity contribution in [1.29, 1.82) is 0 Å². The number of fused-ring (bicyclic) bond motifs is 1. The third kappa shape index (κ3) is 3.28. The van der Waals surface area contributed by atoms with Crippen molar-refractivity contribution in [3.63, 3.8) is 0 Å². The van der Waals surface area contributed by atoms with Crippen LogP contribution in [0.2, 0.25) is 0 Å². The number of anilines is 2. The van der Waals surface area contributed by atoms with Crippen molar-refractivity contribution in [3.05, 3.63) is 42.2 Å². The summed E-state index contributed by atoms with van der Waals surface area (Å²) >= 11 is 0. The lowest BCUT2D eigenvalue weighted by Gasteiger charge is -2.27. The molecule has 1 saturated heterocycles. The first-order valence-corrected chi connectivity index (χ1v) is 8.63. The second-order valence-electron chi connectivity index (χ2n) is 6.25. The summed E-state index contributed by atoms with van der Waals surface area (Å²) in [5.74, 6) is 2.55. The molecule has 1 N–H and O–H groups in total. The lowest BCUT2D eigenvalue weighted by molar-refractivity contribution is 0.285. The van der Waals surface area contributed by atoms with Crippen LogP contribution in [0.1, 0.15) is 12.0 Å². The van der Waals surface area contributed by atoms with Gasteiger partial charge in [-0.3, -0.25) is 4.90 Å². The highest BCUT2D eigenvalue weighted by atomic mass is 16.5. The molecule has 2 aliphatic rings. The number of benzene rings is 1. The van der Waals surface area contributed by atoms with Crippen LogP contribution in [0.25, 0.3) is 0 Å². The van der Waals surface area contributed by atoms with Crippen molar-refractivity contribution in [2.45, 2.75) is 13.0 Å². The van der Waals surface area contributed by atoms with Crippen LogP contribution in [0, 0.1) is 0 Å². The highest BCUT2D eigenvalue weighted by Crippen LogP contribution is 2.34. The van der Waals surface area contributed by atoms with Crippen LogP contribution in [0.4, 0.5) is 11.6 Å². The number of rotatable bonds is 3. The van der Waals surface area contributed by atoms with Crippen LogP contribution < -0.4 is 15.0 Å². The summed E-state index contributed by atoms with van der Waals surface area (Å²) in [5, 5.41) is 3.29. The highest BCUT2D eigenvalue weighted by Gasteiger charge is 2.23. The zero-order chi connectivity index (χ0) is 16.2. The standard InChI is InChI=1S/C18H23N5O/c1-2-5-15(6-3-1)13-22-8-4-9-23(11-10-22)18-16-17(20-14-21-18)19-7-12-24-16/h1-3,5-6,14H,4,7-13H2,(H,19,20,21). The van der Waals surface area contributed by atoms with Crippen LogP contribution >= 0.6 is 0 Å². The van der Waals surface area contributed by atoms with E-state index in [9.17, 15) is 0 Å². The van der Waals surface area contributed by atoms with E-state index in [0.717, 1.165) is 63.1 Å². The number of aromatic nitrogens is 2. The van der Waals surface area contributed by atoms with Gasteiger partial charge in [0.1, 0.15) is 12.9 Å². The summed E-state index contributed by atoms with van der Waals surface area (Å²) in [6.07, 6.45) is 2.75. The second kappa shape index (κ2) is 7.05. The predicted octanol–water partition coefficient (Wildman–Crippen LogP) is 1.99. The molecule has 0 amide bonds. The van der Waals surface area contributed by atoms with Crippen molar-refractivity contribution in [2.24, 2.45) is 0 Å². The molecule has 0 saturated carbocycles. The molecule has 1 fully saturated rings. The normalized spacial score (nSPS) is 18.2. The largest absolute Gasteiger partial charge is 0.485 e. The van der Waals surface area contributed by atoms with Crippen LogP contribution in [0.5, 0.6) is 5.75 Å². The summed E-state index contributed by atoms with van der Waals surface area (Å²) in [4.78, 5) is 13.6. The summed E-state index contributed by atoms with van der Waals surface area (Å²) in [7, 11) is 0. The second-order valence-corrected chi connectivity index (χ2v) is 6.25. The van der Waals surface area contributed by atoms with E-state index in [1.54, 1.807) is 6.33 Å². The zero-order valence-electron chi connectivity index (χ0n) is 13.8. The van der Waals surface area contributed by atoms with Crippen LogP contribution in [0.3, 0.4) is 0 Å². The Labute approximate surface area is 142 Å². The van der Waals surface area contributed by atoms with Gasteiger partial charge in [0.05, 0.1) is 6.54 Å². The summed E-state index contributed by atoms with van der Waals surface area (Å²) < 4.78 is 5.83. The minimum Gasteiger partial charge on any atom is -0.485 e. The van der Waals surface area contributed by atoms with E-state index in [4.69, 9.17) is 4.74 Å². The molecule has 0 spiro atoms. The Bertz CT molecular complexity index is 678. The Balaban J connectivity index is 1.45. The van der Waals surface area contributed by atoms with E-state index in [2.05, 4.69) is 55.4 Å². The molecule has 4 rings (SSSR count). The van der Waals surface area contributed by atoms with E-state index in [-0.39, 0.29) is 0 Å². The molecular formula is C18H23N5O. The third-order valence-electron chi connectivity index (χ3n) is 4.56. The van der Waals surface area contributed by atoms with E-state index in [0.29, 0.717) is 6.61 Å². The van der Waals surface area contributed by atoms with Crippen molar-refractivity contribution < 1.29 is 4.74 Å². The molecule has 0 radical (unpaired) electrons. The van der Waals surface area contributed by atoms with Crippen molar-refractivity contribution in [3.8, 4) is 5.75 Å². The first kappa shape index (κ1) is 15.2. The summed E-state index contributed by atoms with van der Waals surface area (Å²) in [6.45, 7) is 6.57. The predicted molar refractivity (Wildman–Crippen MR) is 94.6 cm³/mol. The molecule has 0 bridgehead atoms. The first-order chi connectivity index (χ1) is 11.9. The average molecular weight is 325 g/mol. The lowest BCUT2D eigenvalue weighted by atomic mass is 10.2.